The molecule has 1 saturated heterocycles. The van der Waals surface area contributed by atoms with Crippen molar-refractivity contribution in [3.63, 3.8) is 0 Å². The van der Waals surface area contributed by atoms with Crippen LogP contribution in [0, 0.1) is 0 Å². The molecule has 8 heteroatoms. The summed E-state index contributed by atoms with van der Waals surface area (Å²) in [5.41, 5.74) is 0. The Morgan fingerprint density at radius 2 is 2.11 bits per heavy atom. The smallest absolute Gasteiger partial charge is 0.237 e. The van der Waals surface area contributed by atoms with Crippen molar-refractivity contribution >= 4 is 34.4 Å². The molecule has 0 bridgehead atoms. The zero-order chi connectivity index (χ0) is 18.6. The van der Waals surface area contributed by atoms with Gasteiger partial charge in [0, 0.05) is 24.5 Å². The zero-order valence-corrected chi connectivity index (χ0v) is 16.0. The van der Waals surface area contributed by atoms with Gasteiger partial charge in [0.1, 0.15) is 5.03 Å². The Morgan fingerprint density at radius 1 is 1.30 bits per heavy atom. The molecule has 0 atom stereocenters. The summed E-state index contributed by atoms with van der Waals surface area (Å²) >= 11 is 1.43. The first kappa shape index (κ1) is 17.9. The average Bonchev–Trinajstić information content (AvgIpc) is 3.07. The molecule has 1 aliphatic rings. The molecule has 0 saturated carbocycles. The van der Waals surface area contributed by atoms with Gasteiger partial charge in [-0.1, -0.05) is 36.0 Å². The Morgan fingerprint density at radius 3 is 2.96 bits per heavy atom. The minimum Gasteiger partial charge on any atom is -0.317 e. The largest absolute Gasteiger partial charge is 0.317 e. The molecule has 3 aromatic rings. The lowest BCUT2D eigenvalue weighted by Crippen LogP contribution is -2.27. The number of anilines is 1. The number of aromatic nitrogens is 4. The van der Waals surface area contributed by atoms with Crippen LogP contribution in [0.2, 0.25) is 0 Å². The quantitative estimate of drug-likeness (QED) is 0.660. The van der Waals surface area contributed by atoms with Crippen molar-refractivity contribution < 1.29 is 4.79 Å². The van der Waals surface area contributed by atoms with Gasteiger partial charge in [0.15, 0.2) is 5.82 Å². The number of nitrogens with one attached hydrogen (secondary N) is 2. The number of hydrogen-bond acceptors (Lipinski definition) is 6. The van der Waals surface area contributed by atoms with Crippen LogP contribution in [0.5, 0.6) is 0 Å². The van der Waals surface area contributed by atoms with Gasteiger partial charge in [-0.3, -0.25) is 10.1 Å². The lowest BCUT2D eigenvalue weighted by Gasteiger charge is -2.19. The molecule has 4 rings (SSSR count). The molecule has 1 amide bonds. The predicted octanol–water partition coefficient (Wildman–Crippen LogP) is 2.56. The molecule has 1 aromatic carbocycles. The molecule has 3 heterocycles. The summed E-state index contributed by atoms with van der Waals surface area (Å²) in [5, 5.41) is 13.7. The maximum Gasteiger partial charge on any atom is 0.237 e. The fourth-order valence-corrected chi connectivity index (χ4v) is 4.08. The third kappa shape index (κ3) is 4.12. The SMILES string of the molecule is Cn1nc(C2CCNCC2)nc1NC(=O)CSc1nccc2ccccc12. The minimum absolute atomic E-state index is 0.109. The van der Waals surface area contributed by atoms with Crippen molar-refractivity contribution in [2.24, 2.45) is 7.05 Å². The van der Waals surface area contributed by atoms with E-state index in [0.29, 0.717) is 11.9 Å². The number of fused-ring (bicyclic) bond motifs is 1. The number of thioether (sulfide) groups is 1. The Bertz CT molecular complexity index is 945. The van der Waals surface area contributed by atoms with E-state index in [0.717, 1.165) is 47.6 Å². The van der Waals surface area contributed by atoms with Crippen LogP contribution in [0.1, 0.15) is 24.6 Å². The zero-order valence-electron chi connectivity index (χ0n) is 15.2. The number of hydrogen-bond donors (Lipinski definition) is 2. The highest BCUT2D eigenvalue weighted by atomic mass is 32.2. The highest BCUT2D eigenvalue weighted by molar-refractivity contribution is 8.00. The maximum atomic E-state index is 12.4. The number of benzene rings is 1. The second-order valence-electron chi connectivity index (χ2n) is 6.62. The average molecular weight is 382 g/mol. The Balaban J connectivity index is 1.40. The first-order chi connectivity index (χ1) is 13.2. The molecule has 2 aromatic heterocycles. The van der Waals surface area contributed by atoms with Gasteiger partial charge >= 0.3 is 0 Å². The molecule has 27 heavy (non-hydrogen) atoms. The van der Waals surface area contributed by atoms with Crippen LogP contribution in [0.4, 0.5) is 5.95 Å². The van der Waals surface area contributed by atoms with Gasteiger partial charge in [-0.05, 0) is 37.4 Å². The van der Waals surface area contributed by atoms with Crippen LogP contribution in [0.15, 0.2) is 41.6 Å². The summed E-state index contributed by atoms with van der Waals surface area (Å²) in [5.74, 6) is 1.84. The first-order valence-corrected chi connectivity index (χ1v) is 10.1. The molecule has 7 nitrogen and oxygen atoms in total. The third-order valence-corrected chi connectivity index (χ3v) is 5.72. The van der Waals surface area contributed by atoms with Gasteiger partial charge in [-0.2, -0.15) is 10.1 Å². The van der Waals surface area contributed by atoms with Gasteiger partial charge < -0.3 is 5.32 Å². The van der Waals surface area contributed by atoms with E-state index in [1.807, 2.05) is 37.4 Å². The van der Waals surface area contributed by atoms with Crippen molar-refractivity contribution in [2.45, 2.75) is 23.8 Å². The fourth-order valence-electron chi connectivity index (χ4n) is 3.27. The lowest BCUT2D eigenvalue weighted by atomic mass is 9.98. The van der Waals surface area contributed by atoms with E-state index in [9.17, 15) is 4.79 Å². The Hall–Kier alpha value is -2.45. The molecular formula is C19H22N6OS. The number of carbonyl (C=O) groups excluding carboxylic acids is 1. The van der Waals surface area contributed by atoms with E-state index in [-0.39, 0.29) is 11.7 Å². The van der Waals surface area contributed by atoms with Crippen molar-refractivity contribution in [1.82, 2.24) is 25.1 Å². The van der Waals surface area contributed by atoms with Gasteiger partial charge in [-0.25, -0.2) is 9.67 Å². The van der Waals surface area contributed by atoms with E-state index in [1.165, 1.54) is 11.8 Å². The summed E-state index contributed by atoms with van der Waals surface area (Å²) in [7, 11) is 1.81. The van der Waals surface area contributed by atoms with Gasteiger partial charge in [0.2, 0.25) is 11.9 Å². The van der Waals surface area contributed by atoms with E-state index < -0.39 is 0 Å². The van der Waals surface area contributed by atoms with Crippen LogP contribution in [0.25, 0.3) is 10.8 Å². The molecule has 0 unspecified atom stereocenters. The van der Waals surface area contributed by atoms with Crippen molar-refractivity contribution in [1.29, 1.82) is 0 Å². The number of rotatable bonds is 5. The van der Waals surface area contributed by atoms with E-state index in [2.05, 4.69) is 25.7 Å². The van der Waals surface area contributed by atoms with E-state index in [1.54, 1.807) is 10.9 Å². The van der Waals surface area contributed by atoms with E-state index >= 15 is 0 Å². The second kappa shape index (κ2) is 8.06. The van der Waals surface area contributed by atoms with Gasteiger partial charge in [0.25, 0.3) is 0 Å². The number of pyridine rings is 1. The summed E-state index contributed by atoms with van der Waals surface area (Å²) in [6.07, 6.45) is 3.83. The Kier molecular flexibility index (Phi) is 5.35. The highest BCUT2D eigenvalue weighted by Crippen LogP contribution is 2.26. The summed E-state index contributed by atoms with van der Waals surface area (Å²) < 4.78 is 1.65. The number of amides is 1. The Labute approximate surface area is 162 Å². The molecule has 0 aliphatic carbocycles. The maximum absolute atomic E-state index is 12.4. The summed E-state index contributed by atoms with van der Waals surface area (Å²) in [6.45, 7) is 1.97. The summed E-state index contributed by atoms with van der Waals surface area (Å²) in [4.78, 5) is 21.4. The first-order valence-electron chi connectivity index (χ1n) is 9.09. The fraction of sp³-hybridized carbons (Fsp3) is 0.368. The van der Waals surface area contributed by atoms with E-state index in [4.69, 9.17) is 0 Å². The molecule has 0 spiro atoms. The van der Waals surface area contributed by atoms with Crippen LogP contribution < -0.4 is 10.6 Å². The second-order valence-corrected chi connectivity index (χ2v) is 7.58. The summed E-state index contributed by atoms with van der Waals surface area (Å²) in [6, 6.07) is 10.0. The van der Waals surface area contributed by atoms with Gasteiger partial charge in [-0.15, -0.1) is 0 Å². The number of piperidine rings is 1. The van der Waals surface area contributed by atoms with Gasteiger partial charge in [0.05, 0.1) is 5.75 Å². The lowest BCUT2D eigenvalue weighted by molar-refractivity contribution is -0.113. The van der Waals surface area contributed by atoms with Crippen molar-refractivity contribution in [3.8, 4) is 0 Å². The topological polar surface area (TPSA) is 84.7 Å². The highest BCUT2D eigenvalue weighted by Gasteiger charge is 2.21. The molecular weight excluding hydrogens is 360 g/mol. The molecule has 1 fully saturated rings. The number of aryl methyl sites for hydroxylation is 1. The van der Waals surface area contributed by atoms with Crippen LogP contribution in [-0.2, 0) is 11.8 Å². The molecule has 2 N–H and O–H groups in total. The third-order valence-electron chi connectivity index (χ3n) is 4.71. The monoisotopic (exact) mass is 382 g/mol. The number of nitrogens with zero attached hydrogens (tertiary/aromatic N) is 4. The molecule has 1 aliphatic heterocycles. The number of carbonyl (C=O) groups is 1. The van der Waals surface area contributed by atoms with Crippen LogP contribution in [0.3, 0.4) is 0 Å². The predicted molar refractivity (Wildman–Crippen MR) is 107 cm³/mol. The standard InChI is InChI=1S/C19H22N6OS/c1-25-19(23-17(24-25)14-6-9-20-10-7-14)22-16(26)12-27-18-15-5-3-2-4-13(15)8-11-21-18/h2-5,8,11,14,20H,6-7,9-10,12H2,1H3,(H,22,23,24,26). The molecule has 140 valence electrons. The normalized spacial score (nSPS) is 15.1. The minimum atomic E-state index is -0.109. The van der Waals surface area contributed by atoms with Crippen LogP contribution >= 0.6 is 11.8 Å². The van der Waals surface area contributed by atoms with Crippen molar-refractivity contribution in [3.05, 3.63) is 42.4 Å². The van der Waals surface area contributed by atoms with Crippen molar-refractivity contribution in [2.75, 3.05) is 24.2 Å². The molecule has 0 radical (unpaired) electrons. The van der Waals surface area contributed by atoms with Crippen LogP contribution in [-0.4, -0.2) is 44.5 Å².